The summed E-state index contributed by atoms with van der Waals surface area (Å²) in [7, 11) is 2.96. The van der Waals surface area contributed by atoms with E-state index < -0.39 is 245 Å². The average molecular weight is 1920 g/mol. The first-order valence-corrected chi connectivity index (χ1v) is 48.8. The van der Waals surface area contributed by atoms with Crippen molar-refractivity contribution in [3.05, 3.63) is 150 Å². The molecule has 20 unspecified atom stereocenters. The number of piperidine rings is 4. The second-order valence-electron chi connectivity index (χ2n) is 42.4. The van der Waals surface area contributed by atoms with Gasteiger partial charge in [0.25, 0.3) is 0 Å². The summed E-state index contributed by atoms with van der Waals surface area (Å²) in [5.74, 6) is -36.6. The van der Waals surface area contributed by atoms with Crippen LogP contribution in [0.2, 0.25) is 0 Å². The van der Waals surface area contributed by atoms with E-state index in [1.165, 1.54) is 98.9 Å². The number of pyridine rings is 1. The smallest absolute Gasteiger partial charge is 0.341 e. The predicted octanol–water partition coefficient (Wildman–Crippen LogP) is 10.0. The van der Waals surface area contributed by atoms with E-state index in [2.05, 4.69) is 44.9 Å². The number of anilines is 8. The van der Waals surface area contributed by atoms with Crippen molar-refractivity contribution in [1.29, 1.82) is 0 Å². The first-order chi connectivity index (χ1) is 67.6. The molecule has 0 spiro atoms. The molecular formula is C105H104N10O26. The van der Waals surface area contributed by atoms with Crippen LogP contribution in [0.15, 0.2) is 128 Å². The van der Waals surface area contributed by atoms with E-state index in [9.17, 15) is 52.7 Å². The summed E-state index contributed by atoms with van der Waals surface area (Å²) in [4.78, 5) is 292. The summed E-state index contributed by atoms with van der Waals surface area (Å²) >= 11 is 0. The van der Waals surface area contributed by atoms with Gasteiger partial charge >= 0.3 is 17.9 Å². The Morgan fingerprint density at radius 1 is 0.355 bits per heavy atom. The molecule has 20 atom stereocenters. The zero-order chi connectivity index (χ0) is 98.6. The first-order valence-electron chi connectivity index (χ1n) is 48.8. The fourth-order valence-electron chi connectivity index (χ4n) is 27.9. The van der Waals surface area contributed by atoms with Crippen LogP contribution in [0.3, 0.4) is 0 Å². The lowest BCUT2D eigenvalue weighted by Gasteiger charge is -2.44. The number of rotatable bonds is 27. The number of unbranched alkanes of at least 4 members (excludes halogenated alkanes) is 3. The van der Waals surface area contributed by atoms with E-state index in [0.29, 0.717) is 34.3 Å². The number of benzene rings is 5. The molecule has 1 N–H and O–H groups in total. The van der Waals surface area contributed by atoms with Crippen molar-refractivity contribution in [1.82, 2.24) is 9.88 Å². The monoisotopic (exact) mass is 1920 g/mol. The number of nitrogens with zero attached hydrogens (tertiary/aromatic N) is 9. The highest BCUT2D eigenvalue weighted by Crippen LogP contribution is 2.66. The number of esters is 3. The highest BCUT2D eigenvalue weighted by Gasteiger charge is 2.77. The number of fused-ring (bicyclic) bond motifs is 26. The van der Waals surface area contributed by atoms with Crippen LogP contribution in [-0.4, -0.2) is 176 Å². The molecule has 36 heteroatoms. The maximum Gasteiger partial charge on any atom is 0.341 e. The van der Waals surface area contributed by atoms with Gasteiger partial charge in [0.2, 0.25) is 108 Å². The highest BCUT2D eigenvalue weighted by atomic mass is 16.7. The average Bonchev–Trinajstić information content (AvgIpc) is 1.52. The lowest BCUT2D eigenvalue weighted by Crippen LogP contribution is -2.52. The fourth-order valence-corrected chi connectivity index (χ4v) is 27.9. The van der Waals surface area contributed by atoms with Gasteiger partial charge in [0.1, 0.15) is 11.5 Å². The molecule has 0 radical (unpaired) electrons. The molecule has 16 fully saturated rings. The Morgan fingerprint density at radius 3 is 1.05 bits per heavy atom. The molecule has 730 valence electrons. The van der Waals surface area contributed by atoms with Crippen LogP contribution in [-0.2, 0) is 100 Å². The number of ether oxygens (including phenoxy) is 7. The van der Waals surface area contributed by atoms with Crippen LogP contribution >= 0.6 is 0 Å². The Kier molecular flexibility index (Phi) is 22.6. The van der Waals surface area contributed by atoms with Crippen molar-refractivity contribution < 1.29 is 124 Å². The van der Waals surface area contributed by atoms with Crippen molar-refractivity contribution in [2.24, 2.45) is 129 Å². The van der Waals surface area contributed by atoms with Crippen LogP contribution < -0.4 is 49.1 Å². The van der Waals surface area contributed by atoms with Gasteiger partial charge in [0.15, 0.2) is 6.79 Å². The minimum Gasteiger partial charge on any atom is -0.457 e. The van der Waals surface area contributed by atoms with Gasteiger partial charge in [0.05, 0.1) is 116 Å². The largest absolute Gasteiger partial charge is 0.457 e. The Bertz CT molecular complexity index is 6280. The number of nitrogens with one attached hydrogen (secondary N) is 1. The van der Waals surface area contributed by atoms with Gasteiger partial charge in [-0.25, -0.2) is 38.9 Å². The molecule has 8 bridgehead atoms. The lowest BCUT2D eigenvalue weighted by molar-refractivity contribution is -0.153. The summed E-state index contributed by atoms with van der Waals surface area (Å²) in [6.07, 6.45) is 13.6. The van der Waals surface area contributed by atoms with Crippen molar-refractivity contribution in [3.8, 4) is 11.5 Å². The van der Waals surface area contributed by atoms with Gasteiger partial charge in [-0.1, -0.05) is 66.0 Å². The Morgan fingerprint density at radius 2 is 0.681 bits per heavy atom. The summed E-state index contributed by atoms with van der Waals surface area (Å²) in [6, 6.07) is 27.1. The summed E-state index contributed by atoms with van der Waals surface area (Å²) < 4.78 is 40.8. The molecule has 9 heterocycles. The van der Waals surface area contributed by atoms with Gasteiger partial charge in [-0.05, 0) is 226 Å². The number of amides is 16. The number of hydrogen-bond acceptors (Lipinski definition) is 28. The Hall–Kier alpha value is -13.9. The summed E-state index contributed by atoms with van der Waals surface area (Å²) in [6.45, 7) is 9.62. The SMILES string of the molecule is CCCCCCOC1CCC(c2ccc(OCOC(=O)c3cc(NC)cc(N4C(=O)C5C(C4=O)C4C(=O)N(c6cc(C(=O)OCOc7ccncc7)cc(N7C(=O)C8CC(C7=O)C7C9CC(C(=O)N(c%10cc(C(=O)OCOC%11CC(C)(C)CC(C)(C)C%11)cc(N%11C(=O)C%12C%13C(=O)N(c%14ccc(N%15C(=O)C%16CC(C%15=O)C%15C%17CC(C(=O)N(C)C%17=O)C%16%15)cc%14)C(=O)C%13C%12C%11=O)c%10)C9=O)C87)c6)C(=O)C54)c3)cc2)CC1. The van der Waals surface area contributed by atoms with Crippen LogP contribution in [0.25, 0.3) is 0 Å². The van der Waals surface area contributed by atoms with Gasteiger partial charge < -0.3 is 38.5 Å². The quantitative estimate of drug-likeness (QED) is 0.0125. The van der Waals surface area contributed by atoms with Crippen molar-refractivity contribution in [3.63, 3.8) is 0 Å². The van der Waals surface area contributed by atoms with Gasteiger partial charge in [0, 0.05) is 86.1 Å². The number of hydrogen-bond donors (Lipinski definition) is 1. The molecule has 1 aromatic heterocycles. The van der Waals surface area contributed by atoms with E-state index in [1.54, 1.807) is 7.05 Å². The van der Waals surface area contributed by atoms with Crippen molar-refractivity contribution in [2.45, 2.75) is 149 Å². The predicted molar refractivity (Wildman–Crippen MR) is 493 cm³/mol. The molecule has 141 heavy (non-hydrogen) atoms. The molecule has 8 saturated heterocycles. The Balaban J connectivity index is 0.503. The molecule has 22 rings (SSSR count). The molecule has 8 saturated carbocycles. The number of carbonyl (C=O) groups is 19. The number of imide groups is 8. The van der Waals surface area contributed by atoms with Crippen LogP contribution in [0, 0.1) is 129 Å². The van der Waals surface area contributed by atoms with E-state index in [4.69, 9.17) is 33.2 Å². The standard InChI is InChI=1S/C105H104N10O26/c1-8-9-10-11-28-135-61-20-12-48(13-21-61)49-14-22-62(23-15-49)136-45-139-101(132)50-29-53(106-6)35-56(30-50)113-95(126)81-82(96(113)127)84-83(81)99(130)115(100(84)131)59-33-51(102(133)140-46-137-63-24-26-107-27-25-63)31-57(36-59)111-89(120)69-40-70(90(111)121)76-72-41-71(75(69)76)91(122)112(92(72)123)58-32-52(103(134)141-47-138-64-42-104(2,3)44-105(4,5)43-64)34-60(37-58)114-97(128)79-77-78(80(79)98(114)129)94(125)110(93(77)124)55-18-16-54(17-19-55)109-87(118)67-39-68(88(109)119)74-66-38-65(73(67)74)85(116)108(7)86(66)117/h14-19,22-27,29-37,48,61,64-84,106H,8-13,20-21,28,38-47H2,1-7H3. The van der Waals surface area contributed by atoms with Crippen molar-refractivity contribution >= 4 is 158 Å². The number of carbonyl (C=O) groups excluding carboxylic acids is 19. The first kappa shape index (κ1) is 92.1. The van der Waals surface area contributed by atoms with E-state index in [0.717, 1.165) is 111 Å². The summed E-state index contributed by atoms with van der Waals surface area (Å²) in [5.41, 5.74) is -1.07. The maximum absolute atomic E-state index is 15.8. The molecule has 16 amide bonds. The number of likely N-dealkylation sites (tertiary alicyclic amines) is 1. The Labute approximate surface area is 808 Å². The van der Waals surface area contributed by atoms with Gasteiger partial charge in [-0.15, -0.1) is 0 Å². The third-order valence-corrected chi connectivity index (χ3v) is 33.5. The molecular weight excluding hydrogens is 1820 g/mol. The minimum atomic E-state index is -1.45. The lowest BCUT2D eigenvalue weighted by atomic mass is 9.59. The summed E-state index contributed by atoms with van der Waals surface area (Å²) in [5, 5.41) is 2.93. The molecule has 6 aromatic rings. The van der Waals surface area contributed by atoms with Crippen molar-refractivity contribution in [2.75, 3.05) is 80.7 Å². The molecule has 8 aliphatic carbocycles. The second-order valence-corrected chi connectivity index (χ2v) is 42.4. The zero-order valence-corrected chi connectivity index (χ0v) is 78.5. The van der Waals surface area contributed by atoms with Crippen LogP contribution in [0.4, 0.5) is 45.5 Å². The van der Waals surface area contributed by atoms with Gasteiger partial charge in [-0.3, -0.25) is 96.4 Å². The fraction of sp³-hybridized carbons (Fsp3) is 0.486. The third kappa shape index (κ3) is 14.7. The second kappa shape index (κ2) is 34.5. The van der Waals surface area contributed by atoms with Crippen LogP contribution in [0.5, 0.6) is 11.5 Å². The van der Waals surface area contributed by atoms with Crippen LogP contribution in [0.1, 0.15) is 173 Å². The normalized spacial score (nSPS) is 31.6. The molecule has 5 aromatic carbocycles. The zero-order valence-electron chi connectivity index (χ0n) is 78.5. The third-order valence-electron chi connectivity index (χ3n) is 33.5. The molecule has 36 nitrogen and oxygen atoms in total. The molecule has 8 aliphatic heterocycles. The highest BCUT2D eigenvalue weighted by molar-refractivity contribution is 6.35. The van der Waals surface area contributed by atoms with E-state index >= 15 is 38.4 Å². The maximum atomic E-state index is 15.8. The molecule has 16 aliphatic rings. The topological polar surface area (TPSA) is 440 Å². The van der Waals surface area contributed by atoms with E-state index in [-0.39, 0.29) is 123 Å². The minimum absolute atomic E-state index is 0.00177. The van der Waals surface area contributed by atoms with E-state index in [1.807, 2.05) is 24.3 Å². The number of aromatic nitrogens is 1. The van der Waals surface area contributed by atoms with Gasteiger partial charge in [-0.2, -0.15) is 0 Å².